The summed E-state index contributed by atoms with van der Waals surface area (Å²) < 4.78 is 0. The Labute approximate surface area is 128 Å². The van der Waals surface area contributed by atoms with E-state index in [9.17, 15) is 14.7 Å². The van der Waals surface area contributed by atoms with Gasteiger partial charge >= 0.3 is 5.97 Å². The molecule has 3 rings (SSSR count). The van der Waals surface area contributed by atoms with E-state index in [2.05, 4.69) is 5.32 Å². The molecule has 21 heavy (non-hydrogen) atoms. The third kappa shape index (κ3) is 2.59. The van der Waals surface area contributed by atoms with Gasteiger partial charge in [0.15, 0.2) is 0 Å². The van der Waals surface area contributed by atoms with E-state index in [1.807, 2.05) is 6.92 Å². The Morgan fingerprint density at radius 1 is 1.14 bits per heavy atom. The molecule has 5 heteroatoms. The molecule has 0 atom stereocenters. The number of carbonyl (C=O) groups is 2. The van der Waals surface area contributed by atoms with Crippen LogP contribution in [0.15, 0.2) is 0 Å². The van der Waals surface area contributed by atoms with Gasteiger partial charge in [0, 0.05) is 10.3 Å². The quantitative estimate of drug-likeness (QED) is 0.891. The zero-order valence-electron chi connectivity index (χ0n) is 12.3. The Morgan fingerprint density at radius 2 is 1.86 bits per heavy atom. The minimum Gasteiger partial charge on any atom is -0.478 e. The van der Waals surface area contributed by atoms with Crippen LogP contribution >= 0.6 is 11.3 Å². The fraction of sp³-hybridized carbons (Fsp3) is 0.625. The second kappa shape index (κ2) is 5.44. The molecule has 0 unspecified atom stereocenters. The van der Waals surface area contributed by atoms with Crippen LogP contribution in [-0.2, 0) is 17.6 Å². The predicted molar refractivity (Wildman–Crippen MR) is 83.1 cm³/mol. The lowest BCUT2D eigenvalue weighted by Crippen LogP contribution is -2.35. The molecular formula is C16H21NO3S. The van der Waals surface area contributed by atoms with Crippen LogP contribution in [0.1, 0.15) is 66.2 Å². The molecule has 114 valence electrons. The highest BCUT2D eigenvalue weighted by Gasteiger charge is 2.36. The molecule has 0 aliphatic heterocycles. The molecule has 2 N–H and O–H groups in total. The number of anilines is 1. The van der Waals surface area contributed by atoms with Crippen molar-refractivity contribution in [2.75, 3.05) is 5.32 Å². The van der Waals surface area contributed by atoms with Gasteiger partial charge < -0.3 is 10.4 Å². The lowest BCUT2D eigenvalue weighted by molar-refractivity contribution is -0.126. The first-order valence-corrected chi connectivity index (χ1v) is 8.52. The maximum Gasteiger partial charge on any atom is 0.339 e. The molecule has 0 radical (unpaired) electrons. The van der Waals surface area contributed by atoms with E-state index >= 15 is 0 Å². The van der Waals surface area contributed by atoms with E-state index in [0.29, 0.717) is 10.6 Å². The van der Waals surface area contributed by atoms with Gasteiger partial charge in [0.1, 0.15) is 5.00 Å². The summed E-state index contributed by atoms with van der Waals surface area (Å²) in [5, 5.41) is 12.9. The highest BCUT2D eigenvalue weighted by atomic mass is 32.1. The van der Waals surface area contributed by atoms with Crippen LogP contribution in [-0.4, -0.2) is 17.0 Å². The number of hydrogen-bond donors (Lipinski definition) is 2. The Hall–Kier alpha value is -1.36. The fourth-order valence-electron chi connectivity index (χ4n) is 3.53. The summed E-state index contributed by atoms with van der Waals surface area (Å²) in [6.45, 7) is 2.00. The number of carboxylic acid groups (broad SMARTS) is 1. The minimum atomic E-state index is -0.918. The zero-order chi connectivity index (χ0) is 15.0. The van der Waals surface area contributed by atoms with Crippen LogP contribution in [0.3, 0.4) is 0 Å². The van der Waals surface area contributed by atoms with Gasteiger partial charge in [-0.05, 0) is 37.7 Å². The van der Waals surface area contributed by atoms with Crippen LogP contribution in [0.5, 0.6) is 0 Å². The number of carbonyl (C=O) groups excluding carboxylic acids is 1. The van der Waals surface area contributed by atoms with E-state index in [-0.39, 0.29) is 11.3 Å². The molecular weight excluding hydrogens is 286 g/mol. The largest absolute Gasteiger partial charge is 0.478 e. The number of rotatable bonds is 3. The molecule has 1 amide bonds. The summed E-state index contributed by atoms with van der Waals surface area (Å²) in [5.41, 5.74) is 0.930. The summed E-state index contributed by atoms with van der Waals surface area (Å²) in [4.78, 5) is 25.3. The van der Waals surface area contributed by atoms with Crippen LogP contribution in [0, 0.1) is 5.41 Å². The van der Waals surface area contributed by atoms with Crippen molar-refractivity contribution in [3.63, 3.8) is 0 Å². The van der Waals surface area contributed by atoms with E-state index < -0.39 is 5.97 Å². The highest BCUT2D eigenvalue weighted by molar-refractivity contribution is 7.17. The Kier molecular flexibility index (Phi) is 3.78. The van der Waals surface area contributed by atoms with Gasteiger partial charge in [-0.1, -0.05) is 26.2 Å². The van der Waals surface area contributed by atoms with E-state index in [4.69, 9.17) is 0 Å². The lowest BCUT2D eigenvalue weighted by atomic mass is 9.75. The SMILES string of the molecule is CC1(C(=O)Nc2sc3c(c2C(=O)O)CCC3)CCCCC1. The third-order valence-electron chi connectivity index (χ3n) is 4.87. The van der Waals surface area contributed by atoms with Crippen molar-refractivity contribution in [1.82, 2.24) is 0 Å². The zero-order valence-corrected chi connectivity index (χ0v) is 13.1. The number of amides is 1. The number of fused-ring (bicyclic) bond motifs is 1. The summed E-state index contributed by atoms with van der Waals surface area (Å²) in [6, 6.07) is 0. The topological polar surface area (TPSA) is 66.4 Å². The Bertz CT molecular complexity index is 585. The maximum atomic E-state index is 12.6. The average molecular weight is 307 g/mol. The number of aryl methyl sites for hydroxylation is 1. The van der Waals surface area contributed by atoms with Crippen molar-refractivity contribution in [3.05, 3.63) is 16.0 Å². The monoisotopic (exact) mass is 307 g/mol. The molecule has 1 fully saturated rings. The number of thiophene rings is 1. The van der Waals surface area contributed by atoms with E-state index in [1.54, 1.807) is 0 Å². The molecule has 0 bridgehead atoms. The van der Waals surface area contributed by atoms with Gasteiger partial charge in [0.2, 0.25) is 5.91 Å². The van der Waals surface area contributed by atoms with Gasteiger partial charge in [0.25, 0.3) is 0 Å². The first kappa shape index (κ1) is 14.6. The van der Waals surface area contributed by atoms with Crippen molar-refractivity contribution < 1.29 is 14.7 Å². The second-order valence-electron chi connectivity index (χ2n) is 6.44. The van der Waals surface area contributed by atoms with Crippen LogP contribution in [0.25, 0.3) is 0 Å². The molecule has 1 saturated carbocycles. The molecule has 4 nitrogen and oxygen atoms in total. The van der Waals surface area contributed by atoms with Crippen LogP contribution in [0.4, 0.5) is 5.00 Å². The Balaban J connectivity index is 1.85. The van der Waals surface area contributed by atoms with Crippen molar-refractivity contribution in [2.24, 2.45) is 5.41 Å². The fourth-order valence-corrected chi connectivity index (χ4v) is 4.81. The molecule has 2 aliphatic carbocycles. The smallest absolute Gasteiger partial charge is 0.339 e. The summed E-state index contributed by atoms with van der Waals surface area (Å²) in [5.74, 6) is -0.928. The number of carboxylic acids is 1. The summed E-state index contributed by atoms with van der Waals surface area (Å²) in [7, 11) is 0. The summed E-state index contributed by atoms with van der Waals surface area (Å²) in [6.07, 6.45) is 7.92. The first-order chi connectivity index (χ1) is 10.0. The van der Waals surface area contributed by atoms with Crippen molar-refractivity contribution in [1.29, 1.82) is 0 Å². The molecule has 0 saturated heterocycles. The third-order valence-corrected chi connectivity index (χ3v) is 6.07. The van der Waals surface area contributed by atoms with Crippen molar-refractivity contribution >= 4 is 28.2 Å². The second-order valence-corrected chi connectivity index (χ2v) is 7.55. The van der Waals surface area contributed by atoms with Gasteiger partial charge in [0.05, 0.1) is 5.56 Å². The lowest BCUT2D eigenvalue weighted by Gasteiger charge is -2.31. The minimum absolute atomic E-state index is 0.00961. The van der Waals surface area contributed by atoms with Gasteiger partial charge in [-0.2, -0.15) is 0 Å². The molecule has 2 aliphatic rings. The predicted octanol–water partition coefficient (Wildman–Crippen LogP) is 3.84. The van der Waals surface area contributed by atoms with Gasteiger partial charge in [-0.15, -0.1) is 11.3 Å². The number of aromatic carboxylic acids is 1. The molecule has 0 aromatic carbocycles. The van der Waals surface area contributed by atoms with E-state index in [0.717, 1.165) is 55.4 Å². The van der Waals surface area contributed by atoms with Crippen LogP contribution in [0.2, 0.25) is 0 Å². The average Bonchev–Trinajstić information content (AvgIpc) is 2.99. The van der Waals surface area contributed by atoms with Crippen molar-refractivity contribution in [3.8, 4) is 0 Å². The maximum absolute atomic E-state index is 12.6. The highest BCUT2D eigenvalue weighted by Crippen LogP contribution is 2.41. The normalized spacial score (nSPS) is 20.0. The molecule has 1 aromatic rings. The van der Waals surface area contributed by atoms with E-state index in [1.165, 1.54) is 17.8 Å². The number of nitrogens with one attached hydrogen (secondary N) is 1. The number of hydrogen-bond acceptors (Lipinski definition) is 3. The molecule has 1 aromatic heterocycles. The first-order valence-electron chi connectivity index (χ1n) is 7.70. The van der Waals surface area contributed by atoms with Gasteiger partial charge in [-0.25, -0.2) is 4.79 Å². The summed E-state index contributed by atoms with van der Waals surface area (Å²) >= 11 is 1.46. The van der Waals surface area contributed by atoms with Crippen LogP contribution < -0.4 is 5.32 Å². The molecule has 0 spiro atoms. The van der Waals surface area contributed by atoms with Crippen molar-refractivity contribution in [2.45, 2.75) is 58.3 Å². The standard InChI is InChI=1S/C16H21NO3S/c1-16(8-3-2-4-9-16)15(20)17-13-12(14(18)19)10-6-5-7-11(10)21-13/h2-9H2,1H3,(H,17,20)(H,18,19). The molecule has 1 heterocycles. The Morgan fingerprint density at radius 3 is 2.52 bits per heavy atom. The van der Waals surface area contributed by atoms with Gasteiger partial charge in [-0.3, -0.25) is 4.79 Å².